The molecule has 4 aromatic rings. The Bertz CT molecular complexity index is 1250. The van der Waals surface area contributed by atoms with Crippen molar-refractivity contribution in [3.8, 4) is 0 Å². The molecule has 2 aromatic carbocycles. The molecular formula is C19H18N6O3. The number of amides is 2. The van der Waals surface area contributed by atoms with Gasteiger partial charge in [0, 0.05) is 17.5 Å². The Morgan fingerprint density at radius 2 is 1.82 bits per heavy atom. The lowest BCUT2D eigenvalue weighted by molar-refractivity contribution is -0.116. The summed E-state index contributed by atoms with van der Waals surface area (Å²) in [5, 5.41) is 10.0. The summed E-state index contributed by atoms with van der Waals surface area (Å²) in [6.45, 7) is 0. The van der Waals surface area contributed by atoms with Crippen molar-refractivity contribution in [3.63, 3.8) is 0 Å². The Labute approximate surface area is 158 Å². The molecule has 28 heavy (non-hydrogen) atoms. The van der Waals surface area contributed by atoms with Gasteiger partial charge in [-0.05, 0) is 48.7 Å². The summed E-state index contributed by atoms with van der Waals surface area (Å²) in [6, 6.07) is 10.8. The molecule has 0 unspecified atom stereocenters. The number of fused-ring (bicyclic) bond motifs is 2. The minimum absolute atomic E-state index is 0.125. The van der Waals surface area contributed by atoms with Gasteiger partial charge in [-0.2, -0.15) is 5.10 Å². The first kappa shape index (κ1) is 17.5. The van der Waals surface area contributed by atoms with E-state index in [1.54, 1.807) is 18.2 Å². The van der Waals surface area contributed by atoms with Crippen molar-refractivity contribution in [1.29, 1.82) is 0 Å². The van der Waals surface area contributed by atoms with Gasteiger partial charge in [0.2, 0.25) is 5.91 Å². The van der Waals surface area contributed by atoms with Crippen molar-refractivity contribution in [1.82, 2.24) is 20.2 Å². The van der Waals surface area contributed by atoms with Crippen molar-refractivity contribution in [2.24, 2.45) is 5.73 Å². The van der Waals surface area contributed by atoms with Gasteiger partial charge in [-0.1, -0.05) is 6.07 Å². The highest BCUT2D eigenvalue weighted by molar-refractivity contribution is 6.05. The van der Waals surface area contributed by atoms with Crippen LogP contribution in [0.15, 0.2) is 41.2 Å². The van der Waals surface area contributed by atoms with Gasteiger partial charge in [0.1, 0.15) is 0 Å². The maximum absolute atomic E-state index is 12.2. The summed E-state index contributed by atoms with van der Waals surface area (Å²) in [4.78, 5) is 40.4. The van der Waals surface area contributed by atoms with Crippen LogP contribution in [0.5, 0.6) is 0 Å². The number of nitrogens with two attached hydrogens (primary N) is 1. The molecule has 0 aliphatic rings. The highest BCUT2D eigenvalue weighted by Crippen LogP contribution is 2.21. The Morgan fingerprint density at radius 3 is 2.64 bits per heavy atom. The van der Waals surface area contributed by atoms with E-state index >= 15 is 0 Å². The third kappa shape index (κ3) is 3.50. The van der Waals surface area contributed by atoms with Crippen LogP contribution in [0.3, 0.4) is 0 Å². The quantitative estimate of drug-likeness (QED) is 0.347. The zero-order valence-corrected chi connectivity index (χ0v) is 14.8. The standard InChI is InChI=1S/C19H18N6O3/c20-18(27)17-12-9-11(5-7-13(12)24-25-17)21-16(26)3-1-2-10-4-6-14-15(8-10)23-19(28)22-14/h4-9H,1-3H2,(H2,20,27)(H,21,26)(H,24,25)(H2,22,23,28). The number of aryl methyl sites for hydroxylation is 1. The van der Waals surface area contributed by atoms with Crippen LogP contribution in [-0.4, -0.2) is 32.0 Å². The van der Waals surface area contributed by atoms with E-state index in [0.717, 1.165) is 16.6 Å². The first-order chi connectivity index (χ1) is 13.5. The van der Waals surface area contributed by atoms with Crippen LogP contribution >= 0.6 is 0 Å². The first-order valence-corrected chi connectivity index (χ1v) is 8.78. The highest BCUT2D eigenvalue weighted by Gasteiger charge is 2.12. The van der Waals surface area contributed by atoms with Crippen LogP contribution in [0.2, 0.25) is 0 Å². The summed E-state index contributed by atoms with van der Waals surface area (Å²) < 4.78 is 0. The van der Waals surface area contributed by atoms with Gasteiger partial charge < -0.3 is 21.0 Å². The molecule has 0 fully saturated rings. The highest BCUT2D eigenvalue weighted by atomic mass is 16.2. The Hall–Kier alpha value is -3.88. The van der Waals surface area contributed by atoms with Crippen LogP contribution in [0.1, 0.15) is 28.9 Å². The smallest absolute Gasteiger partial charge is 0.323 e. The number of benzene rings is 2. The number of carbonyl (C=O) groups is 2. The number of carbonyl (C=O) groups excluding carboxylic acids is 2. The van der Waals surface area contributed by atoms with Gasteiger partial charge in [-0.25, -0.2) is 4.79 Å². The molecule has 0 bridgehead atoms. The number of H-pyrrole nitrogens is 3. The van der Waals surface area contributed by atoms with Crippen molar-refractivity contribution in [2.75, 3.05) is 5.32 Å². The van der Waals surface area contributed by atoms with Gasteiger partial charge in [0.05, 0.1) is 16.6 Å². The topological polar surface area (TPSA) is 150 Å². The Kier molecular flexibility index (Phi) is 4.40. The van der Waals surface area contributed by atoms with Gasteiger partial charge >= 0.3 is 5.69 Å². The van der Waals surface area contributed by atoms with E-state index in [9.17, 15) is 14.4 Å². The first-order valence-electron chi connectivity index (χ1n) is 8.78. The second-order valence-electron chi connectivity index (χ2n) is 6.56. The number of hydrogen-bond acceptors (Lipinski definition) is 4. The van der Waals surface area contributed by atoms with E-state index in [1.807, 2.05) is 18.2 Å². The monoisotopic (exact) mass is 378 g/mol. The molecule has 0 saturated carbocycles. The number of anilines is 1. The van der Waals surface area contributed by atoms with Crippen molar-refractivity contribution in [2.45, 2.75) is 19.3 Å². The normalized spacial score (nSPS) is 11.1. The van der Waals surface area contributed by atoms with Crippen molar-refractivity contribution in [3.05, 3.63) is 58.1 Å². The number of nitrogens with zero attached hydrogens (tertiary/aromatic N) is 1. The third-order valence-corrected chi connectivity index (χ3v) is 4.53. The molecule has 6 N–H and O–H groups in total. The van der Waals surface area contributed by atoms with Crippen LogP contribution in [-0.2, 0) is 11.2 Å². The molecule has 4 rings (SSSR count). The second kappa shape index (κ2) is 7.03. The van der Waals surface area contributed by atoms with Crippen LogP contribution in [0, 0.1) is 0 Å². The lowest BCUT2D eigenvalue weighted by Gasteiger charge is -2.06. The lowest BCUT2D eigenvalue weighted by atomic mass is 10.1. The van der Waals surface area contributed by atoms with Crippen LogP contribution < -0.4 is 16.7 Å². The molecule has 0 spiro atoms. The van der Waals surface area contributed by atoms with E-state index in [1.165, 1.54) is 0 Å². The van der Waals surface area contributed by atoms with Crippen LogP contribution in [0.4, 0.5) is 5.69 Å². The van der Waals surface area contributed by atoms with Crippen molar-refractivity contribution >= 4 is 39.4 Å². The fourth-order valence-corrected chi connectivity index (χ4v) is 3.19. The average Bonchev–Trinajstić information content (AvgIpc) is 3.23. The molecule has 0 aliphatic carbocycles. The largest absolute Gasteiger partial charge is 0.364 e. The molecule has 0 radical (unpaired) electrons. The number of primary amides is 1. The van der Waals surface area contributed by atoms with E-state index < -0.39 is 5.91 Å². The SMILES string of the molecule is NC(=O)c1n[nH]c2ccc(NC(=O)CCCc3ccc4[nH]c(=O)[nH]c4c3)cc12. The predicted molar refractivity (Wildman–Crippen MR) is 105 cm³/mol. The van der Waals surface area contributed by atoms with Crippen LogP contribution in [0.25, 0.3) is 21.9 Å². The Balaban J connectivity index is 1.37. The summed E-state index contributed by atoms with van der Waals surface area (Å²) >= 11 is 0. The van der Waals surface area contributed by atoms with E-state index in [-0.39, 0.29) is 17.3 Å². The minimum atomic E-state index is -0.629. The van der Waals surface area contributed by atoms with E-state index in [0.29, 0.717) is 35.9 Å². The maximum atomic E-state index is 12.2. The molecule has 2 amide bonds. The summed E-state index contributed by atoms with van der Waals surface area (Å²) in [5.41, 5.74) is 9.02. The molecule has 9 heteroatoms. The number of imidazole rings is 1. The Morgan fingerprint density at radius 1 is 1.04 bits per heavy atom. The molecule has 0 aliphatic heterocycles. The number of aromatic amines is 3. The molecule has 2 aromatic heterocycles. The fraction of sp³-hybridized carbons (Fsp3) is 0.158. The average molecular weight is 378 g/mol. The number of aromatic nitrogens is 4. The molecule has 0 atom stereocenters. The summed E-state index contributed by atoms with van der Waals surface area (Å²) in [6.07, 6.45) is 1.71. The van der Waals surface area contributed by atoms with E-state index in [4.69, 9.17) is 5.73 Å². The zero-order valence-electron chi connectivity index (χ0n) is 14.8. The third-order valence-electron chi connectivity index (χ3n) is 4.53. The van der Waals surface area contributed by atoms with Gasteiger partial charge in [-0.3, -0.25) is 14.7 Å². The fourth-order valence-electron chi connectivity index (χ4n) is 3.19. The minimum Gasteiger partial charge on any atom is -0.364 e. The number of hydrogen-bond donors (Lipinski definition) is 5. The molecule has 9 nitrogen and oxygen atoms in total. The van der Waals surface area contributed by atoms with Gasteiger partial charge in [0.25, 0.3) is 5.91 Å². The number of rotatable bonds is 6. The predicted octanol–water partition coefficient (Wildman–Crippen LogP) is 1.79. The maximum Gasteiger partial charge on any atom is 0.323 e. The second-order valence-corrected chi connectivity index (χ2v) is 6.56. The molecule has 0 saturated heterocycles. The van der Waals surface area contributed by atoms with Gasteiger partial charge in [0.15, 0.2) is 5.69 Å². The zero-order chi connectivity index (χ0) is 19.7. The van der Waals surface area contributed by atoms with Crippen molar-refractivity contribution < 1.29 is 9.59 Å². The molecular weight excluding hydrogens is 360 g/mol. The molecule has 142 valence electrons. The van der Waals surface area contributed by atoms with Gasteiger partial charge in [-0.15, -0.1) is 0 Å². The van der Waals surface area contributed by atoms with E-state index in [2.05, 4.69) is 25.5 Å². The summed E-state index contributed by atoms with van der Waals surface area (Å²) in [7, 11) is 0. The summed E-state index contributed by atoms with van der Waals surface area (Å²) in [5.74, 6) is -0.755. The molecule has 2 heterocycles. The lowest BCUT2D eigenvalue weighted by Crippen LogP contribution is -2.13. The number of nitrogens with one attached hydrogen (secondary N) is 4.